The quantitative estimate of drug-likeness (QED) is 0.111. The Kier molecular flexibility index (Phi) is 6.96. The van der Waals surface area contributed by atoms with Gasteiger partial charge in [-0.15, -0.1) is 0 Å². The predicted molar refractivity (Wildman–Crippen MR) is 119 cm³/mol. The summed E-state index contributed by atoms with van der Waals surface area (Å²) in [4.78, 5) is 0.928. The fourth-order valence-corrected chi connectivity index (χ4v) is 5.95. The molecule has 2 aromatic carbocycles. The van der Waals surface area contributed by atoms with Crippen molar-refractivity contribution >= 4 is 45.1 Å². The minimum absolute atomic E-state index is 0.152. The molecule has 2 nitrogen and oxygen atoms in total. The van der Waals surface area contributed by atoms with Crippen LogP contribution >= 0.6 is 23.1 Å². The third-order valence-corrected chi connectivity index (χ3v) is 7.50. The first-order valence-electron chi connectivity index (χ1n) is 10.2. The highest BCUT2D eigenvalue weighted by Crippen LogP contribution is 2.49. The number of fused-ring (bicyclic) bond motifs is 2. The fourth-order valence-electron chi connectivity index (χ4n) is 3.62. The molecule has 1 aromatic heterocycles. The molecule has 0 amide bonds. The number of hydrogen-bond donors (Lipinski definition) is 0. The number of aryl methyl sites for hydroxylation is 1. The zero-order valence-corrected chi connectivity index (χ0v) is 19.7. The van der Waals surface area contributed by atoms with Gasteiger partial charge in [0, 0.05) is 12.6 Å². The van der Waals surface area contributed by atoms with E-state index in [2.05, 4.69) is 0 Å². The maximum atomic E-state index is 14.3. The number of hydrogen-bond acceptors (Lipinski definition) is 3. The molecule has 0 N–H and O–H groups in total. The highest BCUT2D eigenvalue weighted by atomic mass is 32.2. The minimum atomic E-state index is -1.89. The lowest BCUT2D eigenvalue weighted by atomic mass is 10.2. The maximum absolute atomic E-state index is 14.3. The summed E-state index contributed by atoms with van der Waals surface area (Å²) in [5.41, 5.74) is -0.774. The number of benzene rings is 2. The zero-order valence-electron chi connectivity index (χ0n) is 18.0. The monoisotopic (exact) mass is 535 g/mol. The van der Waals surface area contributed by atoms with Gasteiger partial charge in [-0.05, 0) is 19.9 Å². The summed E-state index contributed by atoms with van der Waals surface area (Å²) in [6.07, 6.45) is 7.41. The average Bonchev–Trinajstić information content (AvgIpc) is 3.41. The molecule has 0 unspecified atom stereocenters. The van der Waals surface area contributed by atoms with Crippen molar-refractivity contribution in [2.45, 2.75) is 25.3 Å². The van der Waals surface area contributed by atoms with Gasteiger partial charge in [0.25, 0.3) is 10.5 Å². The molecule has 35 heavy (non-hydrogen) atoms. The SMILES string of the molecule is CCN1/C(=C/C=C/C=C/c2sc3c(F)c(F)c(F)c(F)c3[n+]2CC)Sc2c(F)c(F)c(F)c(F)c21. The van der Waals surface area contributed by atoms with Gasteiger partial charge in [0.2, 0.25) is 11.6 Å². The van der Waals surface area contributed by atoms with Crippen LogP contribution in [0.15, 0.2) is 34.2 Å². The molecule has 184 valence electrons. The molecule has 4 rings (SSSR count). The summed E-state index contributed by atoms with van der Waals surface area (Å²) in [5.74, 6) is -13.5. The Morgan fingerprint density at radius 3 is 2.03 bits per heavy atom. The summed E-state index contributed by atoms with van der Waals surface area (Å²) in [6.45, 7) is 3.56. The standard InChI is InChI=1S/C23H15F8N2S2/c1-3-32-10(34-22-18(30)14(26)12(24)16(28)20(22)32)8-6-5-7-9-11-33(4-2)21-17(29)13(25)15(27)19(31)23(21)35-11/h5-9H,3-4H2,1-2H3/q+1. The van der Waals surface area contributed by atoms with Crippen LogP contribution in [0.1, 0.15) is 18.9 Å². The molecule has 2 heterocycles. The molecule has 0 saturated carbocycles. The van der Waals surface area contributed by atoms with Crippen LogP contribution in [0.4, 0.5) is 40.8 Å². The van der Waals surface area contributed by atoms with Crippen LogP contribution in [-0.2, 0) is 6.54 Å². The summed E-state index contributed by atoms with van der Waals surface area (Å²) in [7, 11) is 0. The van der Waals surface area contributed by atoms with Crippen LogP contribution in [-0.4, -0.2) is 6.54 Å². The van der Waals surface area contributed by atoms with Gasteiger partial charge < -0.3 is 4.90 Å². The summed E-state index contributed by atoms with van der Waals surface area (Å²) in [5, 5.41) is 0.631. The van der Waals surface area contributed by atoms with Crippen LogP contribution in [0, 0.1) is 46.5 Å². The van der Waals surface area contributed by atoms with E-state index in [4.69, 9.17) is 0 Å². The first kappa shape index (κ1) is 25.2. The predicted octanol–water partition coefficient (Wildman–Crippen LogP) is 7.36. The van der Waals surface area contributed by atoms with Crippen molar-refractivity contribution < 1.29 is 39.7 Å². The third-order valence-electron chi connectivity index (χ3n) is 5.22. The lowest BCUT2D eigenvalue weighted by Gasteiger charge is -2.18. The summed E-state index contributed by atoms with van der Waals surface area (Å²) in [6, 6.07) is 0. The first-order valence-corrected chi connectivity index (χ1v) is 11.8. The second kappa shape index (κ2) is 9.65. The molecule has 0 aliphatic carbocycles. The Hall–Kier alpha value is -2.86. The van der Waals surface area contributed by atoms with Crippen molar-refractivity contribution in [3.63, 3.8) is 0 Å². The van der Waals surface area contributed by atoms with Crippen molar-refractivity contribution in [3.05, 3.63) is 80.9 Å². The second-order valence-electron chi connectivity index (χ2n) is 7.15. The van der Waals surface area contributed by atoms with E-state index in [9.17, 15) is 35.1 Å². The van der Waals surface area contributed by atoms with Crippen LogP contribution in [0.5, 0.6) is 0 Å². The smallest absolute Gasteiger partial charge is 0.266 e. The van der Waals surface area contributed by atoms with Crippen LogP contribution in [0.25, 0.3) is 16.3 Å². The Labute approximate surface area is 202 Å². The zero-order chi connectivity index (χ0) is 25.6. The maximum Gasteiger partial charge on any atom is 0.266 e. The molecule has 12 heteroatoms. The van der Waals surface area contributed by atoms with Crippen LogP contribution in [0.2, 0.25) is 0 Å². The van der Waals surface area contributed by atoms with E-state index in [0.717, 1.165) is 23.1 Å². The molecule has 0 radical (unpaired) electrons. The van der Waals surface area contributed by atoms with Gasteiger partial charge >= 0.3 is 0 Å². The van der Waals surface area contributed by atoms with Crippen molar-refractivity contribution in [2.24, 2.45) is 0 Å². The van der Waals surface area contributed by atoms with Gasteiger partial charge in [0.05, 0.1) is 15.6 Å². The largest absolute Gasteiger partial charge is 0.333 e. The van der Waals surface area contributed by atoms with Gasteiger partial charge in [-0.3, -0.25) is 0 Å². The topological polar surface area (TPSA) is 7.12 Å². The number of thioether (sulfide) groups is 1. The van der Waals surface area contributed by atoms with E-state index in [-0.39, 0.29) is 33.9 Å². The molecule has 0 fully saturated rings. The molecular weight excluding hydrogens is 520 g/mol. The number of aromatic nitrogens is 1. The van der Waals surface area contributed by atoms with E-state index in [1.165, 1.54) is 39.8 Å². The number of allylic oxidation sites excluding steroid dienone is 4. The second-order valence-corrected chi connectivity index (χ2v) is 9.21. The Morgan fingerprint density at radius 1 is 0.743 bits per heavy atom. The first-order chi connectivity index (χ1) is 16.6. The van der Waals surface area contributed by atoms with Crippen LogP contribution in [0.3, 0.4) is 0 Å². The Balaban J connectivity index is 1.63. The molecule has 1 aliphatic heterocycles. The van der Waals surface area contributed by atoms with Gasteiger partial charge in [-0.25, -0.2) is 30.7 Å². The molecular formula is C23H15F8N2S2+. The molecule has 0 bridgehead atoms. The Morgan fingerprint density at radius 2 is 1.37 bits per heavy atom. The van der Waals surface area contributed by atoms with Gasteiger partial charge in [-0.1, -0.05) is 41.3 Å². The highest BCUT2D eigenvalue weighted by Gasteiger charge is 2.35. The van der Waals surface area contributed by atoms with Crippen molar-refractivity contribution in [3.8, 4) is 0 Å². The Bertz CT molecular complexity index is 1440. The summed E-state index contributed by atoms with van der Waals surface area (Å²) < 4.78 is 112. The fraction of sp³-hybridized carbons (Fsp3) is 0.174. The van der Waals surface area contributed by atoms with Crippen LogP contribution < -0.4 is 9.47 Å². The molecule has 3 aromatic rings. The number of halogens is 8. The van der Waals surface area contributed by atoms with Crippen molar-refractivity contribution in [1.82, 2.24) is 0 Å². The normalized spacial score (nSPS) is 15.0. The minimum Gasteiger partial charge on any atom is -0.333 e. The van der Waals surface area contributed by atoms with Crippen molar-refractivity contribution in [2.75, 3.05) is 11.4 Å². The molecule has 0 atom stereocenters. The molecule has 0 saturated heterocycles. The molecule has 0 spiro atoms. The van der Waals surface area contributed by atoms with Gasteiger partial charge in [-0.2, -0.15) is 8.96 Å². The summed E-state index contributed by atoms with van der Waals surface area (Å²) >= 11 is 1.47. The van der Waals surface area contributed by atoms with E-state index < -0.39 is 46.5 Å². The lowest BCUT2D eigenvalue weighted by molar-refractivity contribution is -0.666. The number of nitrogens with zero attached hydrogens (tertiary/aromatic N) is 2. The van der Waals surface area contributed by atoms with E-state index in [0.29, 0.717) is 10.0 Å². The number of anilines is 1. The van der Waals surface area contributed by atoms with Gasteiger partial charge in [0.15, 0.2) is 34.9 Å². The third kappa shape index (κ3) is 4.02. The number of thiazole rings is 1. The van der Waals surface area contributed by atoms with E-state index in [1.807, 2.05) is 0 Å². The average molecular weight is 536 g/mol. The highest BCUT2D eigenvalue weighted by molar-refractivity contribution is 8.03. The number of rotatable bonds is 5. The van der Waals surface area contributed by atoms with Gasteiger partial charge in [0.1, 0.15) is 11.2 Å². The molecule has 1 aliphatic rings. The van der Waals surface area contributed by atoms with Crippen molar-refractivity contribution in [1.29, 1.82) is 0 Å². The van der Waals surface area contributed by atoms with E-state index >= 15 is 0 Å². The van der Waals surface area contributed by atoms with E-state index in [1.54, 1.807) is 13.8 Å². The lowest BCUT2D eigenvalue weighted by Crippen LogP contribution is -2.34.